The average Bonchev–Trinajstić information content (AvgIpc) is 2.94. The molecule has 1 aromatic heterocycles. The predicted octanol–water partition coefficient (Wildman–Crippen LogP) is 1.97. The van der Waals surface area contributed by atoms with Crippen LogP contribution < -0.4 is 5.32 Å². The van der Waals surface area contributed by atoms with Crippen LogP contribution >= 0.6 is 0 Å². The summed E-state index contributed by atoms with van der Waals surface area (Å²) in [6.07, 6.45) is 1.37. The fourth-order valence-corrected chi connectivity index (χ4v) is 1.93. The quantitative estimate of drug-likeness (QED) is 0.892. The first-order chi connectivity index (χ1) is 9.15. The van der Waals surface area contributed by atoms with Crippen LogP contribution in [0.1, 0.15) is 23.0 Å². The number of amides is 1. The van der Waals surface area contributed by atoms with Crippen molar-refractivity contribution in [3.8, 4) is 0 Å². The number of rotatable bonds is 5. The van der Waals surface area contributed by atoms with Crippen LogP contribution in [0.5, 0.6) is 0 Å². The van der Waals surface area contributed by atoms with Gasteiger partial charge in [-0.05, 0) is 12.5 Å². The first-order valence-corrected chi connectivity index (χ1v) is 5.93. The zero-order valence-corrected chi connectivity index (χ0v) is 10.9. The molecule has 5 nitrogen and oxygen atoms in total. The monoisotopic (exact) mass is 260 g/mol. The molecule has 0 bridgehead atoms. The number of carbonyl (C=O) groups is 1. The van der Waals surface area contributed by atoms with Gasteiger partial charge >= 0.3 is 0 Å². The van der Waals surface area contributed by atoms with Crippen molar-refractivity contribution in [2.24, 2.45) is 0 Å². The van der Waals surface area contributed by atoms with Crippen molar-refractivity contribution in [3.63, 3.8) is 0 Å². The smallest absolute Gasteiger partial charge is 0.274 e. The van der Waals surface area contributed by atoms with Gasteiger partial charge in [-0.2, -0.15) is 0 Å². The van der Waals surface area contributed by atoms with Gasteiger partial charge in [0.05, 0.1) is 12.1 Å². The van der Waals surface area contributed by atoms with Gasteiger partial charge in [-0.3, -0.25) is 4.79 Å². The molecule has 1 amide bonds. The van der Waals surface area contributed by atoms with Crippen molar-refractivity contribution in [2.45, 2.75) is 12.5 Å². The lowest BCUT2D eigenvalue weighted by molar-refractivity contribution is 0.0777. The molecule has 1 unspecified atom stereocenters. The molecule has 100 valence electrons. The molecular formula is C14H16N2O3. The molecule has 0 aliphatic heterocycles. The summed E-state index contributed by atoms with van der Waals surface area (Å²) in [4.78, 5) is 12.1. The molecule has 0 radical (unpaired) electrons. The molecule has 0 aliphatic carbocycles. The third-order valence-corrected chi connectivity index (χ3v) is 2.90. The molecule has 1 heterocycles. The average molecular weight is 260 g/mol. The molecule has 2 rings (SSSR count). The van der Waals surface area contributed by atoms with Crippen molar-refractivity contribution in [2.75, 3.05) is 13.7 Å². The normalized spacial score (nSPS) is 13.8. The standard InChI is InChI=1S/C14H16N2O3/c1-14(10-18-2,11-6-4-3-5-7-11)15-13(17)12-8-9-19-16-12/h3-9H,10H2,1-2H3,(H,15,17). The van der Waals surface area contributed by atoms with E-state index in [2.05, 4.69) is 15.0 Å². The second-order valence-electron chi connectivity index (χ2n) is 4.47. The molecule has 0 saturated carbocycles. The maximum absolute atomic E-state index is 12.1. The van der Waals surface area contributed by atoms with Gasteiger partial charge in [-0.1, -0.05) is 35.5 Å². The van der Waals surface area contributed by atoms with E-state index >= 15 is 0 Å². The number of methoxy groups -OCH3 is 1. The topological polar surface area (TPSA) is 64.4 Å². The van der Waals surface area contributed by atoms with Crippen molar-refractivity contribution in [1.29, 1.82) is 0 Å². The Morgan fingerprint density at radius 3 is 2.68 bits per heavy atom. The number of hydrogen-bond donors (Lipinski definition) is 1. The lowest BCUT2D eigenvalue weighted by Crippen LogP contribution is -2.46. The highest BCUT2D eigenvalue weighted by Gasteiger charge is 2.29. The SMILES string of the molecule is COCC(C)(NC(=O)c1ccon1)c1ccccc1. The number of nitrogens with one attached hydrogen (secondary N) is 1. The molecule has 1 N–H and O–H groups in total. The molecule has 0 spiro atoms. The van der Waals surface area contributed by atoms with Gasteiger partial charge in [-0.15, -0.1) is 0 Å². The lowest BCUT2D eigenvalue weighted by atomic mass is 9.92. The summed E-state index contributed by atoms with van der Waals surface area (Å²) in [6.45, 7) is 2.27. The Bertz CT molecular complexity index is 525. The van der Waals surface area contributed by atoms with E-state index in [4.69, 9.17) is 4.74 Å². The zero-order valence-electron chi connectivity index (χ0n) is 10.9. The molecule has 0 fully saturated rings. The van der Waals surface area contributed by atoms with Gasteiger partial charge in [0.15, 0.2) is 5.69 Å². The molecule has 5 heteroatoms. The van der Waals surface area contributed by atoms with Crippen LogP contribution in [0.25, 0.3) is 0 Å². The van der Waals surface area contributed by atoms with Crippen molar-refractivity contribution in [1.82, 2.24) is 10.5 Å². The highest BCUT2D eigenvalue weighted by molar-refractivity contribution is 5.92. The van der Waals surface area contributed by atoms with E-state index in [0.717, 1.165) is 5.56 Å². The number of hydrogen-bond acceptors (Lipinski definition) is 4. The minimum Gasteiger partial charge on any atom is -0.382 e. The van der Waals surface area contributed by atoms with E-state index in [1.165, 1.54) is 12.3 Å². The summed E-state index contributed by atoms with van der Waals surface area (Å²) in [5.74, 6) is -0.294. The van der Waals surface area contributed by atoms with Gasteiger partial charge in [0.25, 0.3) is 5.91 Å². The summed E-state index contributed by atoms with van der Waals surface area (Å²) in [7, 11) is 1.60. The molecule has 0 saturated heterocycles. The third-order valence-electron chi connectivity index (χ3n) is 2.90. The Hall–Kier alpha value is -2.14. The second-order valence-corrected chi connectivity index (χ2v) is 4.47. The van der Waals surface area contributed by atoms with Gasteiger partial charge in [0.1, 0.15) is 6.26 Å². The fraction of sp³-hybridized carbons (Fsp3) is 0.286. The van der Waals surface area contributed by atoms with E-state index < -0.39 is 5.54 Å². The van der Waals surface area contributed by atoms with E-state index in [-0.39, 0.29) is 11.6 Å². The molecule has 0 aliphatic rings. The number of nitrogens with zero attached hydrogens (tertiary/aromatic N) is 1. The van der Waals surface area contributed by atoms with Crippen LogP contribution in [-0.2, 0) is 10.3 Å². The number of benzene rings is 1. The van der Waals surface area contributed by atoms with Crippen LogP contribution in [0.3, 0.4) is 0 Å². The highest BCUT2D eigenvalue weighted by atomic mass is 16.5. The van der Waals surface area contributed by atoms with Crippen LogP contribution in [0.15, 0.2) is 47.2 Å². The van der Waals surface area contributed by atoms with E-state index in [0.29, 0.717) is 6.61 Å². The third kappa shape index (κ3) is 3.00. The Morgan fingerprint density at radius 2 is 2.11 bits per heavy atom. The Labute approximate surface area is 111 Å². The predicted molar refractivity (Wildman–Crippen MR) is 69.6 cm³/mol. The largest absolute Gasteiger partial charge is 0.382 e. The van der Waals surface area contributed by atoms with Crippen molar-refractivity contribution >= 4 is 5.91 Å². The van der Waals surface area contributed by atoms with Crippen LogP contribution in [0, 0.1) is 0 Å². The van der Waals surface area contributed by atoms with Crippen LogP contribution in [0.2, 0.25) is 0 Å². The summed E-state index contributed by atoms with van der Waals surface area (Å²) >= 11 is 0. The summed E-state index contributed by atoms with van der Waals surface area (Å²) < 4.78 is 9.89. The minimum atomic E-state index is -0.619. The number of ether oxygens (including phenoxy) is 1. The Kier molecular flexibility index (Phi) is 3.97. The van der Waals surface area contributed by atoms with Crippen molar-refractivity contribution in [3.05, 3.63) is 53.9 Å². The van der Waals surface area contributed by atoms with Gasteiger partial charge in [0, 0.05) is 13.2 Å². The molecule has 1 atom stereocenters. The summed E-state index contributed by atoms with van der Waals surface area (Å²) in [5, 5.41) is 6.55. The fourth-order valence-electron chi connectivity index (χ4n) is 1.93. The first kappa shape index (κ1) is 13.3. The van der Waals surface area contributed by atoms with Gasteiger partial charge < -0.3 is 14.6 Å². The summed E-state index contributed by atoms with van der Waals surface area (Å²) in [6, 6.07) is 11.2. The van der Waals surface area contributed by atoms with E-state index in [1.807, 2.05) is 37.3 Å². The Balaban J connectivity index is 2.23. The number of aromatic nitrogens is 1. The molecule has 1 aromatic carbocycles. The molecule has 2 aromatic rings. The lowest BCUT2D eigenvalue weighted by Gasteiger charge is -2.30. The van der Waals surface area contributed by atoms with Gasteiger partial charge in [0.2, 0.25) is 0 Å². The maximum atomic E-state index is 12.1. The Morgan fingerprint density at radius 1 is 1.37 bits per heavy atom. The maximum Gasteiger partial charge on any atom is 0.274 e. The van der Waals surface area contributed by atoms with E-state index in [1.54, 1.807) is 7.11 Å². The first-order valence-electron chi connectivity index (χ1n) is 5.93. The van der Waals surface area contributed by atoms with Gasteiger partial charge in [-0.25, -0.2) is 0 Å². The zero-order chi connectivity index (χ0) is 13.7. The molecular weight excluding hydrogens is 244 g/mol. The van der Waals surface area contributed by atoms with E-state index in [9.17, 15) is 4.79 Å². The van der Waals surface area contributed by atoms with Crippen LogP contribution in [0.4, 0.5) is 0 Å². The number of carbonyl (C=O) groups excluding carboxylic acids is 1. The molecule has 19 heavy (non-hydrogen) atoms. The summed E-state index contributed by atoms with van der Waals surface area (Å²) in [5.41, 5.74) is 0.596. The second kappa shape index (κ2) is 5.67. The van der Waals surface area contributed by atoms with Crippen molar-refractivity contribution < 1.29 is 14.1 Å². The highest BCUT2D eigenvalue weighted by Crippen LogP contribution is 2.21. The van der Waals surface area contributed by atoms with Crippen LogP contribution in [-0.4, -0.2) is 24.8 Å². The minimum absolute atomic E-state index is 0.248.